The Hall–Kier alpha value is -1.46. The first-order valence-electron chi connectivity index (χ1n) is 6.67. The molecule has 19 heavy (non-hydrogen) atoms. The van der Waals surface area contributed by atoms with E-state index in [1.165, 1.54) is 6.07 Å². The van der Waals surface area contributed by atoms with Gasteiger partial charge in [-0.25, -0.2) is 4.39 Å². The summed E-state index contributed by atoms with van der Waals surface area (Å²) in [6.45, 7) is 1.14. The largest absolute Gasteiger partial charge is 0.339 e. The third-order valence-corrected chi connectivity index (χ3v) is 4.40. The number of hydrogen-bond donors (Lipinski definition) is 1. The number of rotatable bonds is 1. The van der Waals surface area contributed by atoms with Gasteiger partial charge in [0.2, 0.25) is 0 Å². The molecule has 3 saturated heterocycles. The van der Waals surface area contributed by atoms with E-state index in [0.717, 1.165) is 12.8 Å². The number of halogens is 1. The van der Waals surface area contributed by atoms with Gasteiger partial charge in [0.15, 0.2) is 5.60 Å². The van der Waals surface area contributed by atoms with E-state index in [4.69, 9.17) is 4.74 Å². The highest BCUT2D eigenvalue weighted by Gasteiger charge is 2.60. The SMILES string of the molecule is O=C1N2[C@@H](CC[C@H]2c2ccccc2F)OC12CNC2. The summed E-state index contributed by atoms with van der Waals surface area (Å²) in [4.78, 5) is 14.3. The van der Waals surface area contributed by atoms with Crippen molar-refractivity contribution in [3.63, 3.8) is 0 Å². The first-order valence-corrected chi connectivity index (χ1v) is 6.67. The summed E-state index contributed by atoms with van der Waals surface area (Å²) in [7, 11) is 0. The van der Waals surface area contributed by atoms with Crippen LogP contribution < -0.4 is 5.32 Å². The second kappa shape index (κ2) is 3.77. The zero-order valence-corrected chi connectivity index (χ0v) is 10.4. The molecule has 100 valence electrons. The normalized spacial score (nSPS) is 31.6. The monoisotopic (exact) mass is 262 g/mol. The van der Waals surface area contributed by atoms with E-state index in [1.54, 1.807) is 17.0 Å². The maximum Gasteiger partial charge on any atom is 0.260 e. The van der Waals surface area contributed by atoms with Crippen LogP contribution in [-0.4, -0.2) is 35.7 Å². The summed E-state index contributed by atoms with van der Waals surface area (Å²) >= 11 is 0. The molecule has 1 aromatic carbocycles. The number of nitrogens with zero attached hydrogens (tertiary/aromatic N) is 1. The average molecular weight is 262 g/mol. The number of fused-ring (bicyclic) bond motifs is 1. The maximum absolute atomic E-state index is 13.9. The molecule has 0 aliphatic carbocycles. The van der Waals surface area contributed by atoms with Crippen molar-refractivity contribution < 1.29 is 13.9 Å². The van der Waals surface area contributed by atoms with Gasteiger partial charge in [-0.3, -0.25) is 4.79 Å². The molecule has 3 heterocycles. The Balaban J connectivity index is 1.69. The van der Waals surface area contributed by atoms with Crippen molar-refractivity contribution in [3.05, 3.63) is 35.6 Å². The zero-order chi connectivity index (χ0) is 13.0. The van der Waals surface area contributed by atoms with Gasteiger partial charge >= 0.3 is 0 Å². The van der Waals surface area contributed by atoms with Crippen molar-refractivity contribution in [2.45, 2.75) is 30.7 Å². The highest BCUT2D eigenvalue weighted by molar-refractivity contribution is 5.89. The Kier molecular flexibility index (Phi) is 2.26. The fourth-order valence-corrected chi connectivity index (χ4v) is 3.35. The molecular formula is C14H15FN2O2. The minimum Gasteiger partial charge on any atom is -0.339 e. The van der Waals surface area contributed by atoms with Gasteiger partial charge in [0.25, 0.3) is 5.91 Å². The fourth-order valence-electron chi connectivity index (χ4n) is 3.35. The van der Waals surface area contributed by atoms with Gasteiger partial charge in [-0.05, 0) is 18.9 Å². The van der Waals surface area contributed by atoms with Gasteiger partial charge in [0.1, 0.15) is 12.0 Å². The van der Waals surface area contributed by atoms with Gasteiger partial charge < -0.3 is 15.0 Å². The first-order chi connectivity index (χ1) is 9.21. The Morgan fingerprint density at radius 1 is 1.32 bits per heavy atom. The van der Waals surface area contributed by atoms with Crippen LogP contribution >= 0.6 is 0 Å². The molecule has 0 radical (unpaired) electrons. The Bertz CT molecular complexity index is 544. The van der Waals surface area contributed by atoms with Crippen molar-refractivity contribution in [1.29, 1.82) is 0 Å². The summed E-state index contributed by atoms with van der Waals surface area (Å²) in [6.07, 6.45) is 1.37. The van der Waals surface area contributed by atoms with Crippen LogP contribution in [0.3, 0.4) is 0 Å². The molecule has 2 atom stereocenters. The Morgan fingerprint density at radius 3 is 2.79 bits per heavy atom. The second-order valence-electron chi connectivity index (χ2n) is 5.50. The smallest absolute Gasteiger partial charge is 0.260 e. The highest BCUT2D eigenvalue weighted by atomic mass is 19.1. The molecule has 0 aromatic heterocycles. The van der Waals surface area contributed by atoms with Crippen molar-refractivity contribution in [3.8, 4) is 0 Å². The topological polar surface area (TPSA) is 41.6 Å². The molecule has 1 N–H and O–H groups in total. The van der Waals surface area contributed by atoms with E-state index in [9.17, 15) is 9.18 Å². The van der Waals surface area contributed by atoms with Crippen LogP contribution in [-0.2, 0) is 9.53 Å². The van der Waals surface area contributed by atoms with Crippen LogP contribution in [0.5, 0.6) is 0 Å². The highest BCUT2D eigenvalue weighted by Crippen LogP contribution is 2.45. The van der Waals surface area contributed by atoms with E-state index in [2.05, 4.69) is 5.32 Å². The summed E-state index contributed by atoms with van der Waals surface area (Å²) in [5.74, 6) is -0.226. The molecule has 3 aliphatic heterocycles. The molecule has 0 saturated carbocycles. The van der Waals surface area contributed by atoms with Gasteiger partial charge in [-0.1, -0.05) is 18.2 Å². The molecule has 5 heteroatoms. The number of benzene rings is 1. The van der Waals surface area contributed by atoms with Crippen molar-refractivity contribution in [2.75, 3.05) is 13.1 Å². The van der Waals surface area contributed by atoms with E-state index >= 15 is 0 Å². The molecule has 1 amide bonds. The number of nitrogens with one attached hydrogen (secondary N) is 1. The lowest BCUT2D eigenvalue weighted by atomic mass is 9.94. The Labute approximate surface area is 110 Å². The van der Waals surface area contributed by atoms with E-state index in [1.807, 2.05) is 6.07 Å². The number of carbonyl (C=O) groups excluding carboxylic acids is 1. The van der Waals surface area contributed by atoms with Crippen molar-refractivity contribution >= 4 is 5.91 Å². The molecule has 3 fully saturated rings. The van der Waals surface area contributed by atoms with Gasteiger partial charge in [-0.2, -0.15) is 0 Å². The lowest BCUT2D eigenvalue weighted by molar-refractivity contribution is -0.143. The summed E-state index contributed by atoms with van der Waals surface area (Å²) in [5, 5.41) is 3.08. The van der Waals surface area contributed by atoms with E-state index < -0.39 is 5.60 Å². The number of hydrogen-bond acceptors (Lipinski definition) is 3. The van der Waals surface area contributed by atoms with Crippen LogP contribution in [0.4, 0.5) is 4.39 Å². The first kappa shape index (κ1) is 11.4. The minimum absolute atomic E-state index is 0.0157. The summed E-state index contributed by atoms with van der Waals surface area (Å²) in [6, 6.07) is 6.52. The summed E-state index contributed by atoms with van der Waals surface area (Å²) in [5.41, 5.74) is -0.0690. The predicted molar refractivity (Wildman–Crippen MR) is 65.7 cm³/mol. The van der Waals surface area contributed by atoms with E-state index in [0.29, 0.717) is 18.7 Å². The maximum atomic E-state index is 13.9. The van der Waals surface area contributed by atoms with E-state index in [-0.39, 0.29) is 24.0 Å². The van der Waals surface area contributed by atoms with Crippen LogP contribution in [0, 0.1) is 5.82 Å². The zero-order valence-electron chi connectivity index (χ0n) is 10.4. The number of amides is 1. The molecule has 3 aliphatic rings. The minimum atomic E-state index is -0.672. The van der Waals surface area contributed by atoms with Gasteiger partial charge in [0, 0.05) is 18.7 Å². The van der Waals surface area contributed by atoms with Crippen LogP contribution in [0.25, 0.3) is 0 Å². The lowest BCUT2D eigenvalue weighted by Gasteiger charge is -2.36. The van der Waals surface area contributed by atoms with Gasteiger partial charge in [0.05, 0.1) is 6.04 Å². The standard InChI is InChI=1S/C14H15FN2O2/c15-10-4-2-1-3-9(10)11-5-6-12-17(11)13(18)14(19-12)7-16-8-14/h1-4,11-12,16H,5-8H2/t11-,12+/m0/s1. The predicted octanol–water partition coefficient (Wildman–Crippen LogP) is 1.19. The van der Waals surface area contributed by atoms with Crippen molar-refractivity contribution in [2.24, 2.45) is 0 Å². The quantitative estimate of drug-likeness (QED) is 0.826. The molecule has 1 spiro atoms. The average Bonchev–Trinajstić information content (AvgIpc) is 2.88. The fraction of sp³-hybridized carbons (Fsp3) is 0.500. The molecule has 0 bridgehead atoms. The molecule has 4 nitrogen and oxygen atoms in total. The molecular weight excluding hydrogens is 247 g/mol. The third kappa shape index (κ3) is 1.42. The molecule has 0 unspecified atom stereocenters. The summed E-state index contributed by atoms with van der Waals surface area (Å²) < 4.78 is 19.8. The van der Waals surface area contributed by atoms with Crippen molar-refractivity contribution in [1.82, 2.24) is 10.2 Å². The Morgan fingerprint density at radius 2 is 2.11 bits per heavy atom. The lowest BCUT2D eigenvalue weighted by Crippen LogP contribution is -2.64. The second-order valence-corrected chi connectivity index (χ2v) is 5.50. The van der Waals surface area contributed by atoms with Crippen LogP contribution in [0.15, 0.2) is 24.3 Å². The number of ether oxygens (including phenoxy) is 1. The van der Waals surface area contributed by atoms with Gasteiger partial charge in [-0.15, -0.1) is 0 Å². The molecule has 4 rings (SSSR count). The molecule has 1 aromatic rings. The number of carbonyl (C=O) groups is 1. The third-order valence-electron chi connectivity index (χ3n) is 4.40. The van der Waals surface area contributed by atoms with Crippen LogP contribution in [0.2, 0.25) is 0 Å². The van der Waals surface area contributed by atoms with Crippen LogP contribution in [0.1, 0.15) is 24.4 Å².